The summed E-state index contributed by atoms with van der Waals surface area (Å²) in [6, 6.07) is 2.11. The molecule has 1 fully saturated rings. The monoisotopic (exact) mass is 281 g/mol. The fourth-order valence-corrected chi connectivity index (χ4v) is 2.76. The first-order valence-corrected chi connectivity index (χ1v) is 7.66. The summed E-state index contributed by atoms with van der Waals surface area (Å²) >= 11 is 0. The maximum atomic E-state index is 5.98. The van der Waals surface area contributed by atoms with Crippen molar-refractivity contribution in [2.75, 3.05) is 13.7 Å². The number of nitrogens with one attached hydrogen (secondary N) is 1. The van der Waals surface area contributed by atoms with Crippen molar-refractivity contribution in [3.8, 4) is 0 Å². The maximum absolute atomic E-state index is 5.98. The standard InChI is InChI=1S/C16H27NO3/c1-4-17-10-13-8-16(20-12(13)2)11-19-15-7-5-6-14(9-15)18-3/h8,14-15,17H,4-7,9-11H2,1-3H3. The highest BCUT2D eigenvalue weighted by Gasteiger charge is 2.22. The van der Waals surface area contributed by atoms with E-state index in [1.165, 1.54) is 12.0 Å². The van der Waals surface area contributed by atoms with E-state index in [0.717, 1.165) is 43.9 Å². The summed E-state index contributed by atoms with van der Waals surface area (Å²) < 4.78 is 17.2. The molecule has 2 atom stereocenters. The molecule has 4 heteroatoms. The minimum atomic E-state index is 0.302. The van der Waals surface area contributed by atoms with Gasteiger partial charge in [0.2, 0.25) is 0 Å². The van der Waals surface area contributed by atoms with Crippen LogP contribution in [0.2, 0.25) is 0 Å². The van der Waals surface area contributed by atoms with Gasteiger partial charge >= 0.3 is 0 Å². The third-order valence-electron chi connectivity index (χ3n) is 4.01. The lowest BCUT2D eigenvalue weighted by Crippen LogP contribution is -2.27. The predicted molar refractivity (Wildman–Crippen MR) is 78.7 cm³/mol. The van der Waals surface area contributed by atoms with Gasteiger partial charge in [0.15, 0.2) is 0 Å². The Kier molecular flexibility index (Phi) is 6.07. The summed E-state index contributed by atoms with van der Waals surface area (Å²) in [5.74, 6) is 1.91. The predicted octanol–water partition coefficient (Wildman–Crippen LogP) is 3.17. The van der Waals surface area contributed by atoms with Gasteiger partial charge in [0.25, 0.3) is 0 Å². The smallest absolute Gasteiger partial charge is 0.130 e. The zero-order valence-electron chi connectivity index (χ0n) is 12.9. The van der Waals surface area contributed by atoms with Gasteiger partial charge in [0.05, 0.1) is 12.2 Å². The number of aryl methyl sites for hydroxylation is 1. The fourth-order valence-electron chi connectivity index (χ4n) is 2.76. The van der Waals surface area contributed by atoms with Crippen molar-refractivity contribution in [2.24, 2.45) is 0 Å². The van der Waals surface area contributed by atoms with Crippen molar-refractivity contribution in [1.29, 1.82) is 0 Å². The molecular weight excluding hydrogens is 254 g/mol. The van der Waals surface area contributed by atoms with Crippen LogP contribution >= 0.6 is 0 Å². The lowest BCUT2D eigenvalue weighted by Gasteiger charge is -2.27. The van der Waals surface area contributed by atoms with Crippen LogP contribution in [0.15, 0.2) is 10.5 Å². The molecule has 0 amide bonds. The summed E-state index contributed by atoms with van der Waals surface area (Å²) in [4.78, 5) is 0. The molecule has 0 radical (unpaired) electrons. The molecule has 0 saturated heterocycles. The third-order valence-corrected chi connectivity index (χ3v) is 4.01. The minimum absolute atomic E-state index is 0.302. The first-order chi connectivity index (χ1) is 9.72. The maximum Gasteiger partial charge on any atom is 0.130 e. The molecule has 0 aromatic carbocycles. The van der Waals surface area contributed by atoms with E-state index in [2.05, 4.69) is 18.3 Å². The van der Waals surface area contributed by atoms with Crippen molar-refractivity contribution in [3.05, 3.63) is 23.2 Å². The zero-order valence-corrected chi connectivity index (χ0v) is 12.9. The average Bonchev–Trinajstić information content (AvgIpc) is 2.83. The Morgan fingerprint density at radius 2 is 2.15 bits per heavy atom. The van der Waals surface area contributed by atoms with Crippen LogP contribution in [0.4, 0.5) is 0 Å². The molecule has 1 heterocycles. The molecule has 1 saturated carbocycles. The molecule has 1 aromatic rings. The van der Waals surface area contributed by atoms with Crippen LogP contribution in [0.3, 0.4) is 0 Å². The molecule has 0 spiro atoms. The quantitative estimate of drug-likeness (QED) is 0.833. The molecule has 2 unspecified atom stereocenters. The second-order valence-corrected chi connectivity index (χ2v) is 5.53. The van der Waals surface area contributed by atoms with Crippen molar-refractivity contribution in [1.82, 2.24) is 5.32 Å². The van der Waals surface area contributed by atoms with Crippen molar-refractivity contribution < 1.29 is 13.9 Å². The molecule has 1 N–H and O–H groups in total. The van der Waals surface area contributed by atoms with Crippen LogP contribution in [0.5, 0.6) is 0 Å². The summed E-state index contributed by atoms with van der Waals surface area (Å²) in [6.45, 7) is 6.51. The second kappa shape index (κ2) is 7.81. The molecule has 114 valence electrons. The van der Waals surface area contributed by atoms with Crippen LogP contribution < -0.4 is 5.32 Å². The highest BCUT2D eigenvalue weighted by molar-refractivity contribution is 5.20. The molecule has 20 heavy (non-hydrogen) atoms. The number of hydrogen-bond acceptors (Lipinski definition) is 4. The number of furan rings is 1. The van der Waals surface area contributed by atoms with E-state index in [0.29, 0.717) is 18.8 Å². The molecule has 1 aromatic heterocycles. The average molecular weight is 281 g/mol. The van der Waals surface area contributed by atoms with Crippen molar-refractivity contribution >= 4 is 0 Å². The fraction of sp³-hybridized carbons (Fsp3) is 0.750. The van der Waals surface area contributed by atoms with E-state index in [1.807, 2.05) is 6.92 Å². The second-order valence-electron chi connectivity index (χ2n) is 5.53. The van der Waals surface area contributed by atoms with E-state index < -0.39 is 0 Å². The van der Waals surface area contributed by atoms with E-state index in [1.54, 1.807) is 7.11 Å². The number of methoxy groups -OCH3 is 1. The highest BCUT2D eigenvalue weighted by atomic mass is 16.5. The van der Waals surface area contributed by atoms with Gasteiger partial charge in [0, 0.05) is 19.2 Å². The Morgan fingerprint density at radius 3 is 2.90 bits per heavy atom. The van der Waals surface area contributed by atoms with Crippen LogP contribution in [0.1, 0.15) is 49.7 Å². The van der Waals surface area contributed by atoms with E-state index >= 15 is 0 Å². The van der Waals surface area contributed by atoms with Crippen LogP contribution in [-0.4, -0.2) is 25.9 Å². The van der Waals surface area contributed by atoms with Gasteiger partial charge in [-0.2, -0.15) is 0 Å². The van der Waals surface area contributed by atoms with Crippen molar-refractivity contribution in [3.63, 3.8) is 0 Å². The Labute approximate surface area is 121 Å². The first kappa shape index (κ1) is 15.5. The molecule has 1 aliphatic rings. The first-order valence-electron chi connectivity index (χ1n) is 7.66. The summed E-state index contributed by atoms with van der Waals surface area (Å²) in [5.41, 5.74) is 1.23. The number of rotatable bonds is 7. The number of hydrogen-bond donors (Lipinski definition) is 1. The van der Waals surface area contributed by atoms with Gasteiger partial charge in [-0.3, -0.25) is 0 Å². The van der Waals surface area contributed by atoms with E-state index in [9.17, 15) is 0 Å². The lowest BCUT2D eigenvalue weighted by molar-refractivity contribution is -0.0406. The summed E-state index contributed by atoms with van der Waals surface area (Å²) in [5, 5.41) is 3.32. The molecular formula is C16H27NO3. The van der Waals surface area contributed by atoms with Crippen LogP contribution in [0, 0.1) is 6.92 Å². The minimum Gasteiger partial charge on any atom is -0.464 e. The Bertz CT molecular complexity index is 402. The van der Waals surface area contributed by atoms with Gasteiger partial charge < -0.3 is 19.2 Å². The van der Waals surface area contributed by atoms with Gasteiger partial charge in [-0.05, 0) is 45.2 Å². The topological polar surface area (TPSA) is 43.6 Å². The van der Waals surface area contributed by atoms with Gasteiger partial charge in [0.1, 0.15) is 18.1 Å². The zero-order chi connectivity index (χ0) is 14.4. The molecule has 0 bridgehead atoms. The van der Waals surface area contributed by atoms with Gasteiger partial charge in [-0.25, -0.2) is 0 Å². The Hall–Kier alpha value is -0.840. The number of ether oxygens (including phenoxy) is 2. The normalized spacial score (nSPS) is 23.1. The van der Waals surface area contributed by atoms with Crippen LogP contribution in [0.25, 0.3) is 0 Å². The largest absolute Gasteiger partial charge is 0.464 e. The molecule has 1 aliphatic carbocycles. The summed E-state index contributed by atoms with van der Waals surface area (Å²) in [6.07, 6.45) is 5.13. The lowest BCUT2D eigenvalue weighted by atomic mass is 9.95. The SMILES string of the molecule is CCNCc1cc(COC2CCCC(OC)C2)oc1C. The van der Waals surface area contributed by atoms with Crippen molar-refractivity contribution in [2.45, 2.75) is 64.9 Å². The Morgan fingerprint density at radius 1 is 1.35 bits per heavy atom. The van der Waals surface area contributed by atoms with E-state index in [-0.39, 0.29) is 0 Å². The van der Waals surface area contributed by atoms with E-state index in [4.69, 9.17) is 13.9 Å². The van der Waals surface area contributed by atoms with Gasteiger partial charge in [-0.1, -0.05) is 6.92 Å². The highest BCUT2D eigenvalue weighted by Crippen LogP contribution is 2.24. The molecule has 0 aliphatic heterocycles. The van der Waals surface area contributed by atoms with Gasteiger partial charge in [-0.15, -0.1) is 0 Å². The molecule has 4 nitrogen and oxygen atoms in total. The molecule has 2 rings (SSSR count). The summed E-state index contributed by atoms with van der Waals surface area (Å²) in [7, 11) is 1.79. The Balaban J connectivity index is 1.81. The third kappa shape index (κ3) is 4.33. The van der Waals surface area contributed by atoms with Crippen LogP contribution in [-0.2, 0) is 22.6 Å².